The summed E-state index contributed by atoms with van der Waals surface area (Å²) in [5.41, 5.74) is -0.0581. The largest absolute Gasteiger partial charge is 0.497 e. The molecule has 1 aromatic rings. The molecule has 3 N–H and O–H groups in total. The summed E-state index contributed by atoms with van der Waals surface area (Å²) in [4.78, 5) is 23.0. The number of benzene rings is 1. The van der Waals surface area contributed by atoms with Crippen LogP contribution in [0.5, 0.6) is 5.75 Å². The van der Waals surface area contributed by atoms with Crippen LogP contribution >= 0.6 is 0 Å². The van der Waals surface area contributed by atoms with Crippen molar-refractivity contribution in [2.24, 2.45) is 5.41 Å². The SMILES string of the molecule is COc1cccc(NC(=O)N[C@H](C(=O)O)C(C)(C)C)c1. The molecule has 110 valence electrons. The van der Waals surface area contributed by atoms with E-state index < -0.39 is 23.5 Å². The van der Waals surface area contributed by atoms with Crippen molar-refractivity contribution in [3.05, 3.63) is 24.3 Å². The van der Waals surface area contributed by atoms with Gasteiger partial charge >= 0.3 is 12.0 Å². The van der Waals surface area contributed by atoms with Gasteiger partial charge in [0.15, 0.2) is 0 Å². The van der Waals surface area contributed by atoms with Gasteiger partial charge in [0.05, 0.1) is 7.11 Å². The number of ether oxygens (including phenoxy) is 1. The predicted molar refractivity (Wildman–Crippen MR) is 76.0 cm³/mol. The van der Waals surface area contributed by atoms with Crippen LogP contribution in [0.3, 0.4) is 0 Å². The molecule has 0 saturated carbocycles. The van der Waals surface area contributed by atoms with Gasteiger partial charge in [0, 0.05) is 11.8 Å². The second kappa shape index (κ2) is 6.27. The first-order chi connectivity index (χ1) is 9.24. The molecular weight excluding hydrogens is 260 g/mol. The van der Waals surface area contributed by atoms with Gasteiger partial charge in [0.25, 0.3) is 0 Å². The Labute approximate surface area is 118 Å². The maximum absolute atomic E-state index is 11.8. The van der Waals surface area contributed by atoms with Crippen LogP contribution in [-0.4, -0.2) is 30.3 Å². The number of urea groups is 1. The highest BCUT2D eigenvalue weighted by Crippen LogP contribution is 2.20. The van der Waals surface area contributed by atoms with Gasteiger partial charge in [-0.1, -0.05) is 26.8 Å². The lowest BCUT2D eigenvalue weighted by atomic mass is 9.87. The number of aliphatic carboxylic acids is 1. The van der Waals surface area contributed by atoms with Gasteiger partial charge in [0.2, 0.25) is 0 Å². The molecule has 0 unspecified atom stereocenters. The van der Waals surface area contributed by atoms with Crippen molar-refractivity contribution < 1.29 is 19.4 Å². The summed E-state index contributed by atoms with van der Waals surface area (Å²) in [5, 5.41) is 14.2. The summed E-state index contributed by atoms with van der Waals surface area (Å²) in [6.07, 6.45) is 0. The minimum Gasteiger partial charge on any atom is -0.497 e. The first-order valence-corrected chi connectivity index (χ1v) is 6.18. The second-order valence-electron chi connectivity index (χ2n) is 5.47. The molecule has 0 aromatic heterocycles. The Morgan fingerprint density at radius 2 is 1.95 bits per heavy atom. The van der Waals surface area contributed by atoms with Crippen LogP contribution in [0.15, 0.2) is 24.3 Å². The maximum atomic E-state index is 11.8. The highest BCUT2D eigenvalue weighted by atomic mass is 16.5. The second-order valence-corrected chi connectivity index (χ2v) is 5.47. The van der Waals surface area contributed by atoms with Gasteiger partial charge in [-0.05, 0) is 17.5 Å². The minimum atomic E-state index is -1.07. The molecule has 1 rings (SSSR count). The topological polar surface area (TPSA) is 87.7 Å². The van der Waals surface area contributed by atoms with Gasteiger partial charge in [0.1, 0.15) is 11.8 Å². The molecule has 2 amide bonds. The molecule has 0 aliphatic carbocycles. The predicted octanol–water partition coefficient (Wildman–Crippen LogP) is 2.32. The standard InChI is InChI=1S/C14H20N2O4/c1-14(2,3)11(12(17)18)16-13(19)15-9-6-5-7-10(8-9)20-4/h5-8,11H,1-4H3,(H,17,18)(H2,15,16,19)/t11-/m1/s1. The first kappa shape index (κ1) is 15.8. The highest BCUT2D eigenvalue weighted by Gasteiger charge is 2.32. The molecule has 1 atom stereocenters. The van der Waals surface area contributed by atoms with E-state index in [1.165, 1.54) is 7.11 Å². The molecule has 0 fully saturated rings. The zero-order valence-electron chi connectivity index (χ0n) is 12.1. The number of carbonyl (C=O) groups excluding carboxylic acids is 1. The molecular formula is C14H20N2O4. The molecule has 0 radical (unpaired) electrons. The molecule has 0 aliphatic rings. The number of methoxy groups -OCH3 is 1. The normalized spacial score (nSPS) is 12.4. The minimum absolute atomic E-state index is 0.528. The molecule has 0 saturated heterocycles. The summed E-state index contributed by atoms with van der Waals surface area (Å²) in [6, 6.07) is 5.26. The monoisotopic (exact) mass is 280 g/mol. The van der Waals surface area contributed by atoms with Gasteiger partial charge in [-0.3, -0.25) is 0 Å². The first-order valence-electron chi connectivity index (χ1n) is 6.18. The zero-order valence-corrected chi connectivity index (χ0v) is 12.1. The number of carboxylic acid groups (broad SMARTS) is 1. The lowest BCUT2D eigenvalue weighted by Crippen LogP contribution is -2.50. The number of hydrogen-bond donors (Lipinski definition) is 3. The average Bonchev–Trinajstić information content (AvgIpc) is 2.34. The van der Waals surface area contributed by atoms with Crippen LogP contribution < -0.4 is 15.4 Å². The number of hydrogen-bond acceptors (Lipinski definition) is 3. The maximum Gasteiger partial charge on any atom is 0.326 e. The van der Waals surface area contributed by atoms with Gasteiger partial charge in [-0.25, -0.2) is 9.59 Å². The molecule has 6 nitrogen and oxygen atoms in total. The Bertz CT molecular complexity index is 494. The van der Waals surface area contributed by atoms with Crippen LogP contribution in [-0.2, 0) is 4.79 Å². The third-order valence-corrected chi connectivity index (χ3v) is 2.72. The van der Waals surface area contributed by atoms with Crippen molar-refractivity contribution >= 4 is 17.7 Å². The Kier molecular flexibility index (Phi) is 4.96. The fraction of sp³-hybridized carbons (Fsp3) is 0.429. The quantitative estimate of drug-likeness (QED) is 0.789. The van der Waals surface area contributed by atoms with Crippen LogP contribution in [0.1, 0.15) is 20.8 Å². The molecule has 0 heterocycles. The van der Waals surface area contributed by atoms with Gasteiger partial charge in [-0.15, -0.1) is 0 Å². The Morgan fingerprint density at radius 1 is 1.30 bits per heavy atom. The van der Waals surface area contributed by atoms with Crippen molar-refractivity contribution in [1.82, 2.24) is 5.32 Å². The molecule has 6 heteroatoms. The Hall–Kier alpha value is -2.24. The fourth-order valence-electron chi connectivity index (χ4n) is 1.65. The van der Waals surface area contributed by atoms with Gasteiger partial charge in [-0.2, -0.15) is 0 Å². The van der Waals surface area contributed by atoms with Crippen LogP contribution in [0.2, 0.25) is 0 Å². The van der Waals surface area contributed by atoms with Crippen molar-refractivity contribution in [2.75, 3.05) is 12.4 Å². The van der Waals surface area contributed by atoms with Crippen molar-refractivity contribution in [2.45, 2.75) is 26.8 Å². The summed E-state index contributed by atoms with van der Waals surface area (Å²) in [6.45, 7) is 5.24. The molecule has 0 spiro atoms. The van der Waals surface area contributed by atoms with Crippen molar-refractivity contribution in [1.29, 1.82) is 0 Å². The Balaban J connectivity index is 2.73. The van der Waals surface area contributed by atoms with Crippen LogP contribution in [0.25, 0.3) is 0 Å². The molecule has 0 bridgehead atoms. The zero-order chi connectivity index (χ0) is 15.3. The lowest BCUT2D eigenvalue weighted by Gasteiger charge is -2.27. The van der Waals surface area contributed by atoms with E-state index in [-0.39, 0.29) is 0 Å². The average molecular weight is 280 g/mol. The van der Waals surface area contributed by atoms with E-state index in [4.69, 9.17) is 9.84 Å². The lowest BCUT2D eigenvalue weighted by molar-refractivity contribution is -0.141. The Morgan fingerprint density at radius 3 is 2.45 bits per heavy atom. The molecule has 1 aromatic carbocycles. The number of nitrogens with one attached hydrogen (secondary N) is 2. The number of rotatable bonds is 4. The summed E-state index contributed by atoms with van der Waals surface area (Å²) >= 11 is 0. The third kappa shape index (κ3) is 4.46. The summed E-state index contributed by atoms with van der Waals surface area (Å²) < 4.78 is 5.04. The fourth-order valence-corrected chi connectivity index (χ4v) is 1.65. The number of amides is 2. The van der Waals surface area contributed by atoms with E-state index in [1.54, 1.807) is 45.0 Å². The van der Waals surface area contributed by atoms with E-state index >= 15 is 0 Å². The van der Waals surface area contributed by atoms with Crippen LogP contribution in [0.4, 0.5) is 10.5 Å². The van der Waals surface area contributed by atoms with E-state index in [2.05, 4.69) is 10.6 Å². The summed E-state index contributed by atoms with van der Waals surface area (Å²) in [7, 11) is 1.53. The van der Waals surface area contributed by atoms with E-state index in [0.717, 1.165) is 0 Å². The number of carboxylic acids is 1. The smallest absolute Gasteiger partial charge is 0.326 e. The van der Waals surface area contributed by atoms with E-state index in [9.17, 15) is 9.59 Å². The molecule has 20 heavy (non-hydrogen) atoms. The highest BCUT2D eigenvalue weighted by molar-refractivity contribution is 5.92. The van der Waals surface area contributed by atoms with Gasteiger partial charge < -0.3 is 20.5 Å². The van der Waals surface area contributed by atoms with Crippen molar-refractivity contribution in [3.8, 4) is 5.75 Å². The third-order valence-electron chi connectivity index (χ3n) is 2.72. The van der Waals surface area contributed by atoms with E-state index in [0.29, 0.717) is 11.4 Å². The number of carbonyl (C=O) groups is 2. The molecule has 0 aliphatic heterocycles. The summed E-state index contributed by atoms with van der Waals surface area (Å²) in [5.74, 6) is -0.466. The van der Waals surface area contributed by atoms with Crippen LogP contribution in [0, 0.1) is 5.41 Å². The van der Waals surface area contributed by atoms with E-state index in [1.807, 2.05) is 0 Å². The number of anilines is 1. The van der Waals surface area contributed by atoms with Crippen molar-refractivity contribution in [3.63, 3.8) is 0 Å².